The van der Waals surface area contributed by atoms with Crippen molar-refractivity contribution in [3.63, 3.8) is 0 Å². The molecule has 1 amide bonds. The summed E-state index contributed by atoms with van der Waals surface area (Å²) in [6.07, 6.45) is -1.98. The van der Waals surface area contributed by atoms with Crippen LogP contribution in [0, 0.1) is 0 Å². The summed E-state index contributed by atoms with van der Waals surface area (Å²) in [4.78, 5) is 33.0. The summed E-state index contributed by atoms with van der Waals surface area (Å²) in [5.74, 6) is -2.21. The first-order valence-electron chi connectivity index (χ1n) is 5.40. The lowest BCUT2D eigenvalue weighted by Crippen LogP contribution is -2.55. The maximum absolute atomic E-state index is 11.4. The fourth-order valence-corrected chi connectivity index (χ4v) is 1.13. The fourth-order valence-electron chi connectivity index (χ4n) is 1.13. The Bertz CT molecular complexity index is 333. The molecule has 0 aliphatic heterocycles. The molecule has 2 unspecified atom stereocenters. The minimum atomic E-state index is -1.56. The molecule has 0 saturated carbocycles. The number of carbonyl (C=O) groups is 3. The summed E-state index contributed by atoms with van der Waals surface area (Å²) >= 11 is 0. The lowest BCUT2D eigenvalue weighted by atomic mass is 10.2. The molecule has 0 aliphatic rings. The molecular weight excluding hydrogens is 242 g/mol. The maximum atomic E-state index is 11.4. The molecule has 0 aromatic rings. The molecule has 0 aliphatic carbocycles. The Labute approximate surface area is 105 Å². The molecule has 0 radical (unpaired) electrons. The van der Waals surface area contributed by atoms with Gasteiger partial charge in [-0.05, 0) is 27.7 Å². The molecule has 0 aromatic carbocycles. The van der Waals surface area contributed by atoms with Gasteiger partial charge in [0.1, 0.15) is 17.7 Å². The zero-order valence-electron chi connectivity index (χ0n) is 11.1. The first kappa shape index (κ1) is 16.2. The van der Waals surface area contributed by atoms with E-state index in [2.05, 4.69) is 10.1 Å². The summed E-state index contributed by atoms with van der Waals surface area (Å²) in [6, 6.07) is -1.47. The largest absolute Gasteiger partial charge is 0.548 e. The quantitative estimate of drug-likeness (QED) is 0.688. The number of hydrogen-bond donors (Lipinski definition) is 1. The van der Waals surface area contributed by atoms with Gasteiger partial charge in [-0.2, -0.15) is 0 Å². The molecule has 18 heavy (non-hydrogen) atoms. The van der Waals surface area contributed by atoms with Crippen molar-refractivity contribution in [2.45, 2.75) is 52.4 Å². The fraction of sp³-hybridized carbons (Fsp3) is 0.727. The Morgan fingerprint density at radius 3 is 2.06 bits per heavy atom. The van der Waals surface area contributed by atoms with Gasteiger partial charge >= 0.3 is 12.1 Å². The van der Waals surface area contributed by atoms with Crippen molar-refractivity contribution in [2.75, 3.05) is 0 Å². The van der Waals surface area contributed by atoms with Crippen LogP contribution in [0.5, 0.6) is 0 Å². The normalized spacial score (nSPS) is 14.3. The third kappa shape index (κ3) is 6.72. The number of esters is 1. The molecule has 0 saturated heterocycles. The van der Waals surface area contributed by atoms with E-state index < -0.39 is 35.8 Å². The molecule has 0 bridgehead atoms. The zero-order valence-corrected chi connectivity index (χ0v) is 11.1. The van der Waals surface area contributed by atoms with Crippen LogP contribution >= 0.6 is 0 Å². The van der Waals surface area contributed by atoms with Crippen LogP contribution in [0.3, 0.4) is 0 Å². The van der Waals surface area contributed by atoms with Gasteiger partial charge in [-0.25, -0.2) is 4.79 Å². The Balaban J connectivity index is 4.59. The van der Waals surface area contributed by atoms with E-state index >= 15 is 0 Å². The SMILES string of the molecule is CC(=O)OC(C)C(NC(=O)OC(C)(C)C)C(=O)[O-]. The van der Waals surface area contributed by atoms with Crippen LogP contribution in [0.1, 0.15) is 34.6 Å². The van der Waals surface area contributed by atoms with E-state index in [1.165, 1.54) is 6.92 Å². The number of nitrogens with one attached hydrogen (secondary N) is 1. The van der Waals surface area contributed by atoms with Gasteiger partial charge < -0.3 is 24.7 Å². The Morgan fingerprint density at radius 2 is 1.72 bits per heavy atom. The van der Waals surface area contributed by atoms with Gasteiger partial charge in [0, 0.05) is 6.92 Å². The number of carboxylic acid groups (broad SMARTS) is 1. The van der Waals surface area contributed by atoms with Crippen LogP contribution in [-0.4, -0.2) is 35.8 Å². The van der Waals surface area contributed by atoms with Gasteiger partial charge in [-0.3, -0.25) is 4.79 Å². The molecule has 1 N–H and O–H groups in total. The molecule has 0 aromatic heterocycles. The van der Waals surface area contributed by atoms with E-state index in [0.29, 0.717) is 0 Å². The van der Waals surface area contributed by atoms with Crippen molar-refractivity contribution >= 4 is 18.0 Å². The van der Waals surface area contributed by atoms with Crippen LogP contribution in [0.4, 0.5) is 4.79 Å². The summed E-state index contributed by atoms with van der Waals surface area (Å²) in [5, 5.41) is 12.9. The number of rotatable bonds is 4. The number of carboxylic acids is 1. The first-order valence-corrected chi connectivity index (χ1v) is 5.40. The Hall–Kier alpha value is -1.79. The molecule has 7 nitrogen and oxygen atoms in total. The van der Waals surface area contributed by atoms with Crippen LogP contribution in [0.2, 0.25) is 0 Å². The predicted octanol–water partition coefficient (Wildman–Crippen LogP) is -0.419. The Kier molecular flexibility index (Phi) is 5.61. The summed E-state index contributed by atoms with van der Waals surface area (Å²) in [6.45, 7) is 7.37. The number of carbonyl (C=O) groups excluding carboxylic acids is 3. The third-order valence-corrected chi connectivity index (χ3v) is 1.75. The highest BCUT2D eigenvalue weighted by molar-refractivity contribution is 5.79. The van der Waals surface area contributed by atoms with Crippen LogP contribution < -0.4 is 10.4 Å². The molecule has 104 valence electrons. The molecule has 0 rings (SSSR count). The highest BCUT2D eigenvalue weighted by Gasteiger charge is 2.25. The van der Waals surface area contributed by atoms with Gasteiger partial charge in [-0.15, -0.1) is 0 Å². The van der Waals surface area contributed by atoms with E-state index in [1.807, 2.05) is 0 Å². The van der Waals surface area contributed by atoms with Gasteiger partial charge in [-0.1, -0.05) is 0 Å². The van der Waals surface area contributed by atoms with Gasteiger partial charge in [0.25, 0.3) is 0 Å². The van der Waals surface area contributed by atoms with Crippen molar-refractivity contribution in [3.8, 4) is 0 Å². The lowest BCUT2D eigenvalue weighted by molar-refractivity contribution is -0.310. The van der Waals surface area contributed by atoms with Crippen molar-refractivity contribution < 1.29 is 29.0 Å². The molecule has 0 fully saturated rings. The monoisotopic (exact) mass is 260 g/mol. The van der Waals surface area contributed by atoms with Crippen molar-refractivity contribution in [2.24, 2.45) is 0 Å². The number of amides is 1. The van der Waals surface area contributed by atoms with Gasteiger partial charge in [0.15, 0.2) is 0 Å². The van der Waals surface area contributed by atoms with E-state index in [1.54, 1.807) is 20.8 Å². The van der Waals surface area contributed by atoms with E-state index in [0.717, 1.165) is 6.92 Å². The molecule has 0 heterocycles. The second-order valence-corrected chi connectivity index (χ2v) is 4.76. The zero-order chi connectivity index (χ0) is 14.5. The van der Waals surface area contributed by atoms with Crippen molar-refractivity contribution in [1.29, 1.82) is 0 Å². The molecule has 2 atom stereocenters. The first-order chi connectivity index (χ1) is 8.03. The predicted molar refractivity (Wildman–Crippen MR) is 59.4 cm³/mol. The van der Waals surface area contributed by atoms with E-state index in [-0.39, 0.29) is 0 Å². The highest BCUT2D eigenvalue weighted by atomic mass is 16.6. The minimum Gasteiger partial charge on any atom is -0.548 e. The second kappa shape index (κ2) is 6.23. The number of hydrogen-bond acceptors (Lipinski definition) is 6. The van der Waals surface area contributed by atoms with Crippen molar-refractivity contribution in [1.82, 2.24) is 5.32 Å². The van der Waals surface area contributed by atoms with Gasteiger partial charge in [0.2, 0.25) is 0 Å². The van der Waals surface area contributed by atoms with Crippen LogP contribution in [0.15, 0.2) is 0 Å². The Morgan fingerprint density at radius 1 is 1.22 bits per heavy atom. The standard InChI is InChI=1S/C11H19NO6/c1-6(17-7(2)13)8(9(14)15)12-10(16)18-11(3,4)5/h6,8H,1-5H3,(H,12,16)(H,14,15)/p-1. The molecule has 7 heteroatoms. The van der Waals surface area contributed by atoms with E-state index in [4.69, 9.17) is 4.74 Å². The molecule has 0 spiro atoms. The average Bonchev–Trinajstić information content (AvgIpc) is 2.09. The topological polar surface area (TPSA) is 105 Å². The highest BCUT2D eigenvalue weighted by Crippen LogP contribution is 2.08. The lowest BCUT2D eigenvalue weighted by Gasteiger charge is -2.27. The van der Waals surface area contributed by atoms with Crippen molar-refractivity contribution in [3.05, 3.63) is 0 Å². The number of aliphatic carboxylic acids is 1. The summed E-state index contributed by atoms with van der Waals surface area (Å²) in [7, 11) is 0. The van der Waals surface area contributed by atoms with Crippen LogP contribution in [-0.2, 0) is 19.1 Å². The third-order valence-electron chi connectivity index (χ3n) is 1.75. The number of alkyl carbamates (subject to hydrolysis) is 1. The molecular formula is C11H18NO6-. The smallest absolute Gasteiger partial charge is 0.408 e. The van der Waals surface area contributed by atoms with E-state index in [9.17, 15) is 19.5 Å². The minimum absolute atomic E-state index is 0.653. The van der Waals surface area contributed by atoms with Gasteiger partial charge in [0.05, 0.1) is 5.97 Å². The summed E-state index contributed by atoms with van der Waals surface area (Å²) < 4.78 is 9.57. The summed E-state index contributed by atoms with van der Waals surface area (Å²) in [5.41, 5.74) is -0.759. The average molecular weight is 260 g/mol. The second-order valence-electron chi connectivity index (χ2n) is 4.76. The number of ether oxygens (including phenoxy) is 2. The van der Waals surface area contributed by atoms with Crippen LogP contribution in [0.25, 0.3) is 0 Å². The maximum Gasteiger partial charge on any atom is 0.408 e.